The molecule has 1 fully saturated rings. The number of anilines is 2. The van der Waals surface area contributed by atoms with E-state index in [1.54, 1.807) is 24.3 Å². The molecule has 1 saturated carbocycles. The van der Waals surface area contributed by atoms with E-state index in [0.29, 0.717) is 17.8 Å². The van der Waals surface area contributed by atoms with E-state index in [1.165, 1.54) is 6.92 Å². The zero-order chi connectivity index (χ0) is 16.6. The molecule has 2 bridgehead atoms. The minimum Gasteiger partial charge on any atom is -0.550 e. The van der Waals surface area contributed by atoms with Crippen molar-refractivity contribution in [3.05, 3.63) is 36.4 Å². The molecule has 2 aliphatic rings. The van der Waals surface area contributed by atoms with Gasteiger partial charge in [0, 0.05) is 30.2 Å². The van der Waals surface area contributed by atoms with E-state index in [2.05, 4.69) is 10.6 Å². The summed E-state index contributed by atoms with van der Waals surface area (Å²) in [4.78, 5) is 34.8. The van der Waals surface area contributed by atoms with Gasteiger partial charge >= 0.3 is 0 Å². The highest BCUT2D eigenvalue weighted by Crippen LogP contribution is 2.48. The predicted octanol–water partition coefficient (Wildman–Crippen LogP) is 0.772. The second-order valence-corrected chi connectivity index (χ2v) is 6.07. The molecule has 0 spiro atoms. The second kappa shape index (κ2) is 5.87. The maximum atomic E-state index is 12.5. The highest BCUT2D eigenvalue weighted by Gasteiger charge is 2.48. The molecule has 6 nitrogen and oxygen atoms in total. The van der Waals surface area contributed by atoms with Crippen LogP contribution in [0.3, 0.4) is 0 Å². The third-order valence-electron chi connectivity index (χ3n) is 4.51. The van der Waals surface area contributed by atoms with Gasteiger partial charge in [-0.1, -0.05) is 12.2 Å². The smallest absolute Gasteiger partial charge is 0.228 e. The Morgan fingerprint density at radius 2 is 1.48 bits per heavy atom. The lowest BCUT2D eigenvalue weighted by Crippen LogP contribution is -2.42. The first kappa shape index (κ1) is 15.3. The van der Waals surface area contributed by atoms with Gasteiger partial charge in [0.2, 0.25) is 11.8 Å². The standard InChI is InChI=1S/C17H18N2O4/c1-9(20)18-12-4-6-13(7-5-12)19-16(21)14-10-2-3-11(8-10)15(14)17(22)23/h2-7,10-11,14-15H,8H2,1H3,(H,18,20)(H,19,21)(H,22,23)/p-1/t10-,11-,14-,15-/m0/s1. The molecule has 2 N–H and O–H groups in total. The Hall–Kier alpha value is -2.63. The number of rotatable bonds is 4. The molecule has 2 aliphatic carbocycles. The molecule has 1 aromatic rings. The van der Waals surface area contributed by atoms with Crippen molar-refractivity contribution in [2.45, 2.75) is 13.3 Å². The molecule has 23 heavy (non-hydrogen) atoms. The highest BCUT2D eigenvalue weighted by molar-refractivity contribution is 5.96. The zero-order valence-corrected chi connectivity index (χ0v) is 12.6. The van der Waals surface area contributed by atoms with Crippen molar-refractivity contribution in [2.24, 2.45) is 23.7 Å². The number of allylic oxidation sites excluding steroid dienone is 2. The summed E-state index contributed by atoms with van der Waals surface area (Å²) in [6, 6.07) is 6.68. The molecule has 120 valence electrons. The normalized spacial score (nSPS) is 27.7. The van der Waals surface area contributed by atoms with Gasteiger partial charge in [0.15, 0.2) is 0 Å². The quantitative estimate of drug-likeness (QED) is 0.802. The van der Waals surface area contributed by atoms with Gasteiger partial charge in [-0.15, -0.1) is 0 Å². The Balaban J connectivity index is 1.70. The predicted molar refractivity (Wildman–Crippen MR) is 82.1 cm³/mol. The Labute approximate surface area is 133 Å². The number of carbonyl (C=O) groups is 3. The number of carbonyl (C=O) groups excluding carboxylic acids is 3. The first-order chi connectivity index (χ1) is 11.0. The van der Waals surface area contributed by atoms with E-state index < -0.39 is 17.8 Å². The van der Waals surface area contributed by atoms with Gasteiger partial charge in [-0.2, -0.15) is 0 Å². The van der Waals surface area contributed by atoms with Gasteiger partial charge in [0.25, 0.3) is 0 Å². The summed E-state index contributed by atoms with van der Waals surface area (Å²) in [5.41, 5.74) is 1.19. The summed E-state index contributed by atoms with van der Waals surface area (Å²) < 4.78 is 0. The zero-order valence-electron chi connectivity index (χ0n) is 12.6. The number of carboxylic acid groups (broad SMARTS) is 1. The van der Waals surface area contributed by atoms with Crippen molar-refractivity contribution >= 4 is 29.2 Å². The van der Waals surface area contributed by atoms with Gasteiger partial charge in [-0.05, 0) is 42.5 Å². The Morgan fingerprint density at radius 3 is 2.00 bits per heavy atom. The van der Waals surface area contributed by atoms with Crippen LogP contribution in [0.1, 0.15) is 13.3 Å². The van der Waals surface area contributed by atoms with Crippen LogP contribution in [0.2, 0.25) is 0 Å². The SMILES string of the molecule is CC(=O)Nc1ccc(NC(=O)[C@@H]2[C@@H](C(=O)[O-])[C@H]3C=C[C@H]2C3)cc1. The van der Waals surface area contributed by atoms with Gasteiger partial charge < -0.3 is 20.5 Å². The van der Waals surface area contributed by atoms with Crippen LogP contribution in [-0.2, 0) is 14.4 Å². The lowest BCUT2D eigenvalue weighted by atomic mass is 9.82. The van der Waals surface area contributed by atoms with Crippen LogP contribution < -0.4 is 15.7 Å². The average molecular weight is 313 g/mol. The summed E-state index contributed by atoms with van der Waals surface area (Å²) >= 11 is 0. The highest BCUT2D eigenvalue weighted by atomic mass is 16.4. The summed E-state index contributed by atoms with van der Waals surface area (Å²) in [6.45, 7) is 1.42. The fraction of sp³-hybridized carbons (Fsp3) is 0.353. The molecule has 0 aromatic heterocycles. The molecule has 2 amide bonds. The van der Waals surface area contributed by atoms with Gasteiger partial charge in [0.1, 0.15) is 0 Å². The van der Waals surface area contributed by atoms with Crippen molar-refractivity contribution < 1.29 is 19.5 Å². The van der Waals surface area contributed by atoms with Crippen LogP contribution in [0.5, 0.6) is 0 Å². The first-order valence-electron chi connectivity index (χ1n) is 7.53. The molecule has 3 rings (SSSR count). The van der Waals surface area contributed by atoms with Crippen LogP contribution in [0.15, 0.2) is 36.4 Å². The number of benzene rings is 1. The Morgan fingerprint density at radius 1 is 0.957 bits per heavy atom. The molecular formula is C17H17N2O4-. The molecule has 0 saturated heterocycles. The monoisotopic (exact) mass is 313 g/mol. The molecule has 0 heterocycles. The fourth-order valence-electron chi connectivity index (χ4n) is 3.57. The van der Waals surface area contributed by atoms with E-state index >= 15 is 0 Å². The third kappa shape index (κ3) is 2.97. The second-order valence-electron chi connectivity index (χ2n) is 6.07. The number of hydrogen-bond donors (Lipinski definition) is 2. The van der Waals surface area contributed by atoms with E-state index in [-0.39, 0.29) is 23.7 Å². The van der Waals surface area contributed by atoms with Gasteiger partial charge in [-0.25, -0.2) is 0 Å². The fourth-order valence-corrected chi connectivity index (χ4v) is 3.57. The van der Waals surface area contributed by atoms with Crippen molar-refractivity contribution in [3.63, 3.8) is 0 Å². The Bertz CT molecular complexity index is 680. The number of hydrogen-bond acceptors (Lipinski definition) is 4. The van der Waals surface area contributed by atoms with Crippen molar-refractivity contribution in [2.75, 3.05) is 10.6 Å². The number of nitrogens with one attached hydrogen (secondary N) is 2. The topological polar surface area (TPSA) is 98.3 Å². The van der Waals surface area contributed by atoms with E-state index in [4.69, 9.17) is 0 Å². The van der Waals surface area contributed by atoms with Crippen LogP contribution >= 0.6 is 0 Å². The van der Waals surface area contributed by atoms with Crippen LogP contribution in [0, 0.1) is 23.7 Å². The molecule has 4 atom stereocenters. The minimum atomic E-state index is -1.16. The van der Waals surface area contributed by atoms with E-state index in [9.17, 15) is 19.5 Å². The van der Waals surface area contributed by atoms with Crippen molar-refractivity contribution in [3.8, 4) is 0 Å². The van der Waals surface area contributed by atoms with E-state index in [1.807, 2.05) is 12.2 Å². The van der Waals surface area contributed by atoms with Crippen LogP contribution in [0.4, 0.5) is 11.4 Å². The lowest BCUT2D eigenvalue weighted by Gasteiger charge is -2.27. The summed E-state index contributed by atoms with van der Waals surface area (Å²) in [5, 5.41) is 16.7. The van der Waals surface area contributed by atoms with Crippen molar-refractivity contribution in [1.29, 1.82) is 0 Å². The Kier molecular flexibility index (Phi) is 3.90. The number of aliphatic carboxylic acids is 1. The molecular weight excluding hydrogens is 296 g/mol. The summed E-state index contributed by atoms with van der Waals surface area (Å²) in [7, 11) is 0. The molecule has 1 aromatic carbocycles. The van der Waals surface area contributed by atoms with Gasteiger partial charge in [0.05, 0.1) is 5.92 Å². The molecule has 0 aliphatic heterocycles. The van der Waals surface area contributed by atoms with Crippen molar-refractivity contribution in [1.82, 2.24) is 0 Å². The van der Waals surface area contributed by atoms with Gasteiger partial charge in [-0.3, -0.25) is 9.59 Å². The maximum Gasteiger partial charge on any atom is 0.228 e. The van der Waals surface area contributed by atoms with E-state index in [0.717, 1.165) is 0 Å². The van der Waals surface area contributed by atoms with Crippen LogP contribution in [0.25, 0.3) is 0 Å². The number of fused-ring (bicyclic) bond motifs is 2. The summed E-state index contributed by atoms with van der Waals surface area (Å²) in [5.74, 6) is -3.14. The molecule has 0 radical (unpaired) electrons. The number of amides is 2. The third-order valence-corrected chi connectivity index (χ3v) is 4.51. The largest absolute Gasteiger partial charge is 0.550 e. The molecule has 6 heteroatoms. The average Bonchev–Trinajstić information content (AvgIpc) is 3.09. The molecule has 0 unspecified atom stereocenters. The summed E-state index contributed by atoms with van der Waals surface area (Å²) in [6.07, 6.45) is 4.49. The van der Waals surface area contributed by atoms with Crippen LogP contribution in [-0.4, -0.2) is 17.8 Å². The maximum absolute atomic E-state index is 12.5. The number of carboxylic acids is 1. The lowest BCUT2D eigenvalue weighted by molar-refractivity contribution is -0.313. The minimum absolute atomic E-state index is 0.0402. The first-order valence-corrected chi connectivity index (χ1v) is 7.53.